The van der Waals surface area contributed by atoms with Gasteiger partial charge in [0.2, 0.25) is 5.91 Å². The average molecular weight is 276 g/mol. The van der Waals surface area contributed by atoms with E-state index in [1.807, 2.05) is 24.3 Å². The maximum Gasteiger partial charge on any atom is 0.223 e. The van der Waals surface area contributed by atoms with E-state index in [9.17, 15) is 4.79 Å². The highest BCUT2D eigenvalue weighted by molar-refractivity contribution is 5.78. The molecule has 1 fully saturated rings. The van der Waals surface area contributed by atoms with Gasteiger partial charge >= 0.3 is 0 Å². The Kier molecular flexibility index (Phi) is 4.06. The molecule has 0 bridgehead atoms. The van der Waals surface area contributed by atoms with E-state index in [1.165, 1.54) is 0 Å². The number of ether oxygens (including phenoxy) is 2. The standard InChI is InChI=1S/C15H20N2O3/c18-15(11-5-7-16-8-6-11)17-9-12-10-19-13-3-1-2-4-14(13)20-12/h1-4,11-12,16H,5-10H2,(H,17,18). The second kappa shape index (κ2) is 6.13. The Morgan fingerprint density at radius 1 is 1.25 bits per heavy atom. The predicted molar refractivity (Wildman–Crippen MR) is 75.0 cm³/mol. The molecule has 1 amide bonds. The number of amides is 1. The van der Waals surface area contributed by atoms with Crippen molar-refractivity contribution in [1.82, 2.24) is 10.6 Å². The zero-order valence-corrected chi connectivity index (χ0v) is 11.4. The number of para-hydroxylation sites is 2. The van der Waals surface area contributed by atoms with Crippen LogP contribution in [-0.2, 0) is 4.79 Å². The first-order valence-corrected chi connectivity index (χ1v) is 7.20. The Labute approximate surface area is 118 Å². The van der Waals surface area contributed by atoms with Gasteiger partial charge in [0, 0.05) is 5.92 Å². The van der Waals surface area contributed by atoms with E-state index in [2.05, 4.69) is 10.6 Å². The van der Waals surface area contributed by atoms with E-state index in [0.29, 0.717) is 13.2 Å². The first kappa shape index (κ1) is 13.2. The molecule has 0 aromatic heterocycles. The lowest BCUT2D eigenvalue weighted by Crippen LogP contribution is -2.44. The molecule has 1 unspecified atom stereocenters. The zero-order chi connectivity index (χ0) is 13.8. The number of hydrogen-bond donors (Lipinski definition) is 2. The van der Waals surface area contributed by atoms with Gasteiger partial charge in [0.05, 0.1) is 6.54 Å². The van der Waals surface area contributed by atoms with E-state index in [1.54, 1.807) is 0 Å². The van der Waals surface area contributed by atoms with Crippen molar-refractivity contribution in [3.63, 3.8) is 0 Å². The maximum absolute atomic E-state index is 12.1. The smallest absolute Gasteiger partial charge is 0.223 e. The summed E-state index contributed by atoms with van der Waals surface area (Å²) in [6.07, 6.45) is 1.71. The van der Waals surface area contributed by atoms with Crippen molar-refractivity contribution in [2.75, 3.05) is 26.2 Å². The van der Waals surface area contributed by atoms with Crippen molar-refractivity contribution in [3.8, 4) is 11.5 Å². The van der Waals surface area contributed by atoms with Crippen molar-refractivity contribution in [2.24, 2.45) is 5.92 Å². The molecule has 20 heavy (non-hydrogen) atoms. The van der Waals surface area contributed by atoms with Gasteiger partial charge in [-0.15, -0.1) is 0 Å². The number of fused-ring (bicyclic) bond motifs is 1. The highest BCUT2D eigenvalue weighted by atomic mass is 16.6. The normalized spacial score (nSPS) is 22.3. The molecule has 2 aliphatic heterocycles. The molecule has 0 radical (unpaired) electrons. The van der Waals surface area contributed by atoms with Crippen LogP contribution in [0.4, 0.5) is 0 Å². The number of benzene rings is 1. The van der Waals surface area contributed by atoms with Gasteiger partial charge in [0.1, 0.15) is 12.7 Å². The first-order valence-electron chi connectivity index (χ1n) is 7.20. The Bertz CT molecular complexity index is 472. The number of rotatable bonds is 3. The number of hydrogen-bond acceptors (Lipinski definition) is 4. The highest BCUT2D eigenvalue weighted by Crippen LogP contribution is 2.30. The van der Waals surface area contributed by atoms with Crippen molar-refractivity contribution in [1.29, 1.82) is 0 Å². The topological polar surface area (TPSA) is 59.6 Å². The fourth-order valence-electron chi connectivity index (χ4n) is 2.61. The van der Waals surface area contributed by atoms with Gasteiger partial charge in [-0.25, -0.2) is 0 Å². The SMILES string of the molecule is O=C(NCC1COc2ccccc2O1)C1CCNCC1. The molecule has 2 aliphatic rings. The molecule has 3 rings (SSSR count). The molecular weight excluding hydrogens is 256 g/mol. The summed E-state index contributed by atoms with van der Waals surface area (Å²) in [5.41, 5.74) is 0. The Hall–Kier alpha value is -1.75. The van der Waals surface area contributed by atoms with Gasteiger partial charge in [0.15, 0.2) is 11.5 Å². The lowest BCUT2D eigenvalue weighted by molar-refractivity contribution is -0.126. The predicted octanol–water partition coefficient (Wildman–Crippen LogP) is 0.942. The number of piperidine rings is 1. The molecule has 0 aliphatic carbocycles. The van der Waals surface area contributed by atoms with Gasteiger partial charge in [-0.2, -0.15) is 0 Å². The summed E-state index contributed by atoms with van der Waals surface area (Å²) in [4.78, 5) is 12.1. The quantitative estimate of drug-likeness (QED) is 0.862. The largest absolute Gasteiger partial charge is 0.486 e. The van der Waals surface area contributed by atoms with Crippen molar-refractivity contribution in [3.05, 3.63) is 24.3 Å². The third-order valence-corrected chi connectivity index (χ3v) is 3.78. The number of nitrogens with one attached hydrogen (secondary N) is 2. The van der Waals surface area contributed by atoms with Crippen LogP contribution >= 0.6 is 0 Å². The maximum atomic E-state index is 12.1. The van der Waals surface area contributed by atoms with E-state index in [0.717, 1.165) is 37.4 Å². The highest BCUT2D eigenvalue weighted by Gasteiger charge is 2.24. The molecular formula is C15H20N2O3. The molecule has 1 saturated heterocycles. The Balaban J connectivity index is 1.49. The van der Waals surface area contributed by atoms with Gasteiger partial charge in [-0.05, 0) is 38.1 Å². The van der Waals surface area contributed by atoms with Crippen LogP contribution in [0.25, 0.3) is 0 Å². The lowest BCUT2D eigenvalue weighted by atomic mass is 9.97. The molecule has 5 nitrogen and oxygen atoms in total. The zero-order valence-electron chi connectivity index (χ0n) is 11.4. The number of carbonyl (C=O) groups is 1. The summed E-state index contributed by atoms with van der Waals surface area (Å²) in [6.45, 7) is 2.82. The molecule has 2 N–H and O–H groups in total. The van der Waals surface area contributed by atoms with Crippen LogP contribution in [0.1, 0.15) is 12.8 Å². The fraction of sp³-hybridized carbons (Fsp3) is 0.533. The molecule has 0 saturated carbocycles. The van der Waals surface area contributed by atoms with Crippen molar-refractivity contribution >= 4 is 5.91 Å². The third-order valence-electron chi connectivity index (χ3n) is 3.78. The molecule has 0 spiro atoms. The molecule has 1 aromatic carbocycles. The minimum atomic E-state index is -0.115. The summed E-state index contributed by atoms with van der Waals surface area (Å²) < 4.78 is 11.4. The molecule has 5 heteroatoms. The van der Waals surface area contributed by atoms with Crippen LogP contribution in [0, 0.1) is 5.92 Å². The Morgan fingerprint density at radius 3 is 2.80 bits per heavy atom. The minimum Gasteiger partial charge on any atom is -0.486 e. The van der Waals surface area contributed by atoms with Crippen molar-refractivity contribution < 1.29 is 14.3 Å². The lowest BCUT2D eigenvalue weighted by Gasteiger charge is -2.27. The summed E-state index contributed by atoms with van der Waals surface area (Å²) >= 11 is 0. The van der Waals surface area contributed by atoms with Gasteiger partial charge in [-0.3, -0.25) is 4.79 Å². The van der Waals surface area contributed by atoms with Gasteiger partial charge < -0.3 is 20.1 Å². The summed E-state index contributed by atoms with van der Waals surface area (Å²) in [5.74, 6) is 1.79. The first-order chi connectivity index (χ1) is 9.83. The molecule has 108 valence electrons. The van der Waals surface area contributed by atoms with Crippen LogP contribution < -0.4 is 20.1 Å². The summed E-state index contributed by atoms with van der Waals surface area (Å²) in [7, 11) is 0. The Morgan fingerprint density at radius 2 is 2.00 bits per heavy atom. The van der Waals surface area contributed by atoms with Crippen LogP contribution in [-0.4, -0.2) is 38.3 Å². The van der Waals surface area contributed by atoms with E-state index >= 15 is 0 Å². The van der Waals surface area contributed by atoms with Crippen LogP contribution in [0.5, 0.6) is 11.5 Å². The number of carbonyl (C=O) groups excluding carboxylic acids is 1. The molecule has 2 heterocycles. The molecule has 1 atom stereocenters. The van der Waals surface area contributed by atoms with E-state index in [-0.39, 0.29) is 17.9 Å². The van der Waals surface area contributed by atoms with Crippen molar-refractivity contribution in [2.45, 2.75) is 18.9 Å². The van der Waals surface area contributed by atoms with E-state index in [4.69, 9.17) is 9.47 Å². The second-order valence-corrected chi connectivity index (χ2v) is 5.27. The van der Waals surface area contributed by atoms with Crippen LogP contribution in [0.2, 0.25) is 0 Å². The van der Waals surface area contributed by atoms with Crippen LogP contribution in [0.15, 0.2) is 24.3 Å². The summed E-state index contributed by atoms with van der Waals surface area (Å²) in [5, 5.41) is 6.24. The van der Waals surface area contributed by atoms with E-state index < -0.39 is 0 Å². The van der Waals surface area contributed by atoms with Crippen LogP contribution in [0.3, 0.4) is 0 Å². The monoisotopic (exact) mass is 276 g/mol. The third kappa shape index (κ3) is 3.04. The van der Waals surface area contributed by atoms with Gasteiger partial charge in [0.25, 0.3) is 0 Å². The minimum absolute atomic E-state index is 0.115. The summed E-state index contributed by atoms with van der Waals surface area (Å²) in [6, 6.07) is 7.61. The second-order valence-electron chi connectivity index (χ2n) is 5.27. The average Bonchev–Trinajstić information content (AvgIpc) is 2.53. The van der Waals surface area contributed by atoms with Gasteiger partial charge in [-0.1, -0.05) is 12.1 Å². The molecule has 1 aromatic rings. The fourth-order valence-corrected chi connectivity index (χ4v) is 2.61.